The summed E-state index contributed by atoms with van der Waals surface area (Å²) >= 11 is 0. The molecule has 2 heterocycles. The van der Waals surface area contributed by atoms with Crippen molar-refractivity contribution in [1.29, 1.82) is 0 Å². The highest BCUT2D eigenvalue weighted by Crippen LogP contribution is 2.37. The van der Waals surface area contributed by atoms with Crippen molar-refractivity contribution in [2.45, 2.75) is 25.4 Å². The first kappa shape index (κ1) is 29.6. The quantitative estimate of drug-likeness (QED) is 0.158. The van der Waals surface area contributed by atoms with E-state index in [0.717, 1.165) is 56.3 Å². The van der Waals surface area contributed by atoms with Gasteiger partial charge in [-0.25, -0.2) is 0 Å². The first-order valence-corrected chi connectivity index (χ1v) is 16.2. The van der Waals surface area contributed by atoms with Gasteiger partial charge in [0.25, 0.3) is 0 Å². The molecule has 1 saturated heterocycles. The highest BCUT2D eigenvalue weighted by atomic mass is 16.5. The number of carbonyl (C=O) groups is 1. The van der Waals surface area contributed by atoms with Crippen LogP contribution in [-0.4, -0.2) is 46.5 Å². The van der Waals surface area contributed by atoms with Crippen LogP contribution in [0.25, 0.3) is 10.9 Å². The maximum absolute atomic E-state index is 14.1. The van der Waals surface area contributed by atoms with Crippen molar-refractivity contribution in [1.82, 2.24) is 14.4 Å². The lowest BCUT2D eigenvalue weighted by Crippen LogP contribution is -2.48. The maximum atomic E-state index is 14.1. The van der Waals surface area contributed by atoms with Crippen LogP contribution in [0.1, 0.15) is 34.6 Å². The van der Waals surface area contributed by atoms with Crippen LogP contribution >= 0.6 is 0 Å². The van der Waals surface area contributed by atoms with Crippen LogP contribution in [0.15, 0.2) is 146 Å². The molecule has 1 unspecified atom stereocenters. The van der Waals surface area contributed by atoms with Gasteiger partial charge in [-0.3, -0.25) is 9.69 Å². The molecule has 1 aliphatic heterocycles. The maximum Gasteiger partial charge on any atom is 0.223 e. The van der Waals surface area contributed by atoms with Crippen molar-refractivity contribution < 1.29 is 9.53 Å². The number of ether oxygens (including phenoxy) is 1. The molecule has 5 nitrogen and oxygen atoms in total. The summed E-state index contributed by atoms with van der Waals surface area (Å²) in [5.41, 5.74) is 5.97. The van der Waals surface area contributed by atoms with Crippen molar-refractivity contribution in [3.8, 4) is 11.5 Å². The summed E-state index contributed by atoms with van der Waals surface area (Å²) in [7, 11) is 0. The smallest absolute Gasteiger partial charge is 0.223 e. The molecule has 6 aromatic rings. The van der Waals surface area contributed by atoms with Gasteiger partial charge in [-0.1, -0.05) is 109 Å². The molecule has 230 valence electrons. The average molecular weight is 606 g/mol. The van der Waals surface area contributed by atoms with Gasteiger partial charge in [0.1, 0.15) is 11.5 Å². The Morgan fingerprint density at radius 3 is 1.96 bits per heavy atom. The number of aromatic nitrogens is 1. The van der Waals surface area contributed by atoms with Crippen molar-refractivity contribution in [3.63, 3.8) is 0 Å². The van der Waals surface area contributed by atoms with E-state index in [4.69, 9.17) is 4.74 Å². The van der Waals surface area contributed by atoms with Gasteiger partial charge >= 0.3 is 0 Å². The van der Waals surface area contributed by atoms with E-state index in [9.17, 15) is 4.79 Å². The van der Waals surface area contributed by atoms with Crippen LogP contribution < -0.4 is 4.74 Å². The van der Waals surface area contributed by atoms with Crippen molar-refractivity contribution in [3.05, 3.63) is 168 Å². The summed E-state index contributed by atoms with van der Waals surface area (Å²) in [5, 5.41) is 1.18. The molecule has 0 spiro atoms. The number of carbonyl (C=O) groups excluding carboxylic acids is 1. The fourth-order valence-corrected chi connectivity index (χ4v) is 6.59. The zero-order valence-corrected chi connectivity index (χ0v) is 26.0. The van der Waals surface area contributed by atoms with Crippen LogP contribution in [0.4, 0.5) is 0 Å². The Morgan fingerprint density at radius 2 is 1.24 bits per heavy atom. The van der Waals surface area contributed by atoms with E-state index in [0.29, 0.717) is 6.42 Å². The van der Waals surface area contributed by atoms with Crippen molar-refractivity contribution >= 4 is 16.8 Å². The number of piperazine rings is 1. The molecule has 5 heteroatoms. The predicted molar refractivity (Wildman–Crippen MR) is 185 cm³/mol. The largest absolute Gasteiger partial charge is 0.457 e. The Hall–Kier alpha value is -5.13. The van der Waals surface area contributed by atoms with Gasteiger partial charge in [-0.05, 0) is 52.6 Å². The summed E-state index contributed by atoms with van der Waals surface area (Å²) < 4.78 is 8.58. The normalized spacial score (nSPS) is 14.3. The minimum absolute atomic E-state index is 0.129. The molecule has 0 N–H and O–H groups in total. The van der Waals surface area contributed by atoms with Gasteiger partial charge in [0.05, 0.1) is 0 Å². The summed E-state index contributed by atoms with van der Waals surface area (Å²) in [6.07, 6.45) is 2.66. The summed E-state index contributed by atoms with van der Waals surface area (Å²) in [6.45, 7) is 4.92. The van der Waals surface area contributed by atoms with E-state index >= 15 is 0 Å². The summed E-state index contributed by atoms with van der Waals surface area (Å²) in [6, 6.07) is 47.8. The molecule has 1 atom stereocenters. The number of fused-ring (bicyclic) bond motifs is 1. The second-order valence-electron chi connectivity index (χ2n) is 12.1. The second kappa shape index (κ2) is 13.9. The fourth-order valence-electron chi connectivity index (χ4n) is 6.59. The minimum atomic E-state index is -0.129. The van der Waals surface area contributed by atoms with Gasteiger partial charge in [0, 0.05) is 68.7 Å². The number of hydrogen-bond acceptors (Lipinski definition) is 3. The molecule has 1 aromatic heterocycles. The number of rotatable bonds is 10. The van der Waals surface area contributed by atoms with E-state index in [-0.39, 0.29) is 11.8 Å². The van der Waals surface area contributed by atoms with E-state index in [1.807, 2.05) is 42.5 Å². The Labute approximate surface area is 271 Å². The zero-order chi connectivity index (χ0) is 31.1. The average Bonchev–Trinajstić information content (AvgIpc) is 3.46. The van der Waals surface area contributed by atoms with Gasteiger partial charge in [-0.15, -0.1) is 0 Å². The first-order valence-electron chi connectivity index (χ1n) is 16.2. The van der Waals surface area contributed by atoms with Crippen LogP contribution in [0.5, 0.6) is 11.5 Å². The second-order valence-corrected chi connectivity index (χ2v) is 12.1. The number of amides is 1. The number of benzene rings is 5. The van der Waals surface area contributed by atoms with Gasteiger partial charge < -0.3 is 14.2 Å². The first-order chi connectivity index (χ1) is 22.7. The number of hydrogen-bond donors (Lipinski definition) is 0. The third-order valence-electron chi connectivity index (χ3n) is 8.98. The van der Waals surface area contributed by atoms with Crippen molar-refractivity contribution in [2.75, 3.05) is 26.2 Å². The van der Waals surface area contributed by atoms with E-state index in [1.165, 1.54) is 27.6 Å². The molecule has 1 aliphatic rings. The number of para-hydroxylation sites is 2. The lowest BCUT2D eigenvalue weighted by molar-refractivity contribution is -0.133. The third kappa shape index (κ3) is 6.90. The van der Waals surface area contributed by atoms with Crippen LogP contribution in [0.3, 0.4) is 0 Å². The highest BCUT2D eigenvalue weighted by Gasteiger charge is 2.28. The number of nitrogens with zero attached hydrogens (tertiary/aromatic N) is 3. The van der Waals surface area contributed by atoms with Gasteiger partial charge in [0.15, 0.2) is 0 Å². The molecule has 0 saturated carbocycles. The monoisotopic (exact) mass is 605 g/mol. The zero-order valence-electron chi connectivity index (χ0n) is 26.0. The van der Waals surface area contributed by atoms with E-state index < -0.39 is 0 Å². The summed E-state index contributed by atoms with van der Waals surface area (Å²) in [4.78, 5) is 18.6. The molecule has 0 aliphatic carbocycles. The van der Waals surface area contributed by atoms with Crippen LogP contribution in [0.2, 0.25) is 0 Å². The Morgan fingerprint density at radius 1 is 0.630 bits per heavy atom. The minimum Gasteiger partial charge on any atom is -0.457 e. The van der Waals surface area contributed by atoms with Crippen molar-refractivity contribution in [2.24, 2.45) is 0 Å². The fraction of sp³-hybridized carbons (Fsp3) is 0.195. The topological polar surface area (TPSA) is 37.7 Å². The molecule has 0 bridgehead atoms. The highest BCUT2D eigenvalue weighted by molar-refractivity contribution is 5.87. The van der Waals surface area contributed by atoms with E-state index in [1.54, 1.807) is 0 Å². The summed E-state index contributed by atoms with van der Waals surface area (Å²) in [5.74, 6) is 1.62. The Balaban J connectivity index is 1.18. The molecule has 1 fully saturated rings. The molecule has 46 heavy (non-hydrogen) atoms. The SMILES string of the molecule is O=C(CC(c1cccc(Oc2ccccc2)c1)c1cn(Cc2ccccc2)c2ccccc12)N1CCN(Cc2ccccc2)CC1. The molecule has 0 radical (unpaired) electrons. The van der Waals surface area contributed by atoms with Crippen LogP contribution in [-0.2, 0) is 17.9 Å². The lowest BCUT2D eigenvalue weighted by atomic mass is 9.87. The Bertz CT molecular complexity index is 1880. The molecular weight excluding hydrogens is 566 g/mol. The van der Waals surface area contributed by atoms with Gasteiger partial charge in [-0.2, -0.15) is 0 Å². The van der Waals surface area contributed by atoms with Crippen LogP contribution in [0, 0.1) is 0 Å². The molecule has 1 amide bonds. The molecular formula is C41H39N3O2. The molecule has 5 aromatic carbocycles. The predicted octanol–water partition coefficient (Wildman–Crippen LogP) is 8.35. The third-order valence-corrected chi connectivity index (χ3v) is 8.98. The Kier molecular flexibility index (Phi) is 8.93. The van der Waals surface area contributed by atoms with E-state index in [2.05, 4.69) is 118 Å². The standard InChI is InChI=1S/C41H39N3O2/c45-41(43-25-23-42(24-26-43)29-32-13-4-1-5-14-32)28-38(34-17-12-20-36(27-34)46-35-18-8-3-9-19-35)39-31-44(30-33-15-6-2-7-16-33)40-22-11-10-21-37(39)40/h1-22,27,31,38H,23-26,28-30H2. The molecule has 7 rings (SSSR count). The lowest BCUT2D eigenvalue weighted by Gasteiger charge is -2.35. The van der Waals surface area contributed by atoms with Gasteiger partial charge in [0.2, 0.25) is 5.91 Å².